The molecule has 8 aromatic rings. The molecule has 240 valence electrons. The zero-order valence-electron chi connectivity index (χ0n) is 27.6. The molecule has 0 spiro atoms. The highest BCUT2D eigenvalue weighted by Gasteiger charge is 2.13. The van der Waals surface area contributed by atoms with Crippen molar-refractivity contribution in [3.63, 3.8) is 0 Å². The lowest BCUT2D eigenvalue weighted by Crippen LogP contribution is -2.09. The third-order valence-electron chi connectivity index (χ3n) is 8.36. The molecule has 51 heavy (non-hydrogen) atoms. The molecule has 0 saturated heterocycles. The van der Waals surface area contributed by atoms with Crippen LogP contribution in [0.4, 0.5) is 34.1 Å². The average molecular weight is 670 g/mol. The van der Waals surface area contributed by atoms with E-state index in [0.29, 0.717) is 0 Å². The maximum Gasteiger partial charge on any atom is 0.168 e. The monoisotopic (exact) mass is 669 g/mol. The number of para-hydroxylation sites is 4. The van der Waals surface area contributed by atoms with Crippen LogP contribution in [-0.4, -0.2) is 4.98 Å². The smallest absolute Gasteiger partial charge is 0.168 e. The number of hydrogen-bond acceptors (Lipinski definition) is 4. The van der Waals surface area contributed by atoms with E-state index < -0.39 is 0 Å². The molecule has 4 heteroatoms. The Labute approximate surface area is 302 Å². The predicted octanol–water partition coefficient (Wildman–Crippen LogP) is 12.0. The highest BCUT2D eigenvalue weighted by molar-refractivity contribution is 7.19. The molecule has 8 rings (SSSR count). The van der Waals surface area contributed by atoms with E-state index in [-0.39, 0.29) is 0 Å². The molecule has 0 N–H and O–H groups in total. The van der Waals surface area contributed by atoms with Crippen molar-refractivity contribution in [2.45, 2.75) is 0 Å². The van der Waals surface area contributed by atoms with Crippen LogP contribution >= 0.6 is 11.3 Å². The van der Waals surface area contributed by atoms with E-state index in [2.05, 4.69) is 185 Å². The van der Waals surface area contributed by atoms with Gasteiger partial charge in [0.2, 0.25) is 0 Å². The standard InChI is InChI=1S/C47H31N3S/c1-5-13-39(14-6-1)49(40-15-7-2-8-16-40)43-29-23-36(24-30-43)21-22-38-27-33-45-46(35-38)51-47(48-45)34-28-37-25-31-44(32-26-37)50(41-17-9-3-10-18-41)42-19-11-4-12-20-42/h1-20,23-27,29-33,35H. The molecule has 0 saturated carbocycles. The summed E-state index contributed by atoms with van der Waals surface area (Å²) in [4.78, 5) is 9.26. The van der Waals surface area contributed by atoms with E-state index in [1.165, 1.54) is 0 Å². The molecule has 0 unspecified atom stereocenters. The molecule has 0 atom stereocenters. The van der Waals surface area contributed by atoms with Crippen LogP contribution in [0.15, 0.2) is 188 Å². The summed E-state index contributed by atoms with van der Waals surface area (Å²) in [5.41, 5.74) is 10.3. The van der Waals surface area contributed by atoms with Crippen LogP contribution in [0.5, 0.6) is 0 Å². The van der Waals surface area contributed by atoms with E-state index in [0.717, 1.165) is 66.0 Å². The molecular weight excluding hydrogens is 639 g/mol. The lowest BCUT2D eigenvalue weighted by molar-refractivity contribution is 1.28. The lowest BCUT2D eigenvalue weighted by Gasteiger charge is -2.25. The van der Waals surface area contributed by atoms with Crippen LogP contribution in [0.25, 0.3) is 10.2 Å². The number of hydrogen-bond donors (Lipinski definition) is 0. The van der Waals surface area contributed by atoms with Crippen molar-refractivity contribution >= 4 is 55.7 Å². The van der Waals surface area contributed by atoms with Gasteiger partial charge in [-0.05, 0) is 121 Å². The molecule has 0 aliphatic carbocycles. The van der Waals surface area contributed by atoms with Gasteiger partial charge in [0.15, 0.2) is 5.01 Å². The molecule has 0 aliphatic rings. The van der Waals surface area contributed by atoms with Crippen molar-refractivity contribution in [3.05, 3.63) is 210 Å². The molecule has 1 heterocycles. The van der Waals surface area contributed by atoms with Gasteiger partial charge in [0.05, 0.1) is 10.2 Å². The third kappa shape index (κ3) is 7.28. The van der Waals surface area contributed by atoms with Gasteiger partial charge in [-0.1, -0.05) is 90.6 Å². The normalized spacial score (nSPS) is 10.4. The minimum Gasteiger partial charge on any atom is -0.311 e. The summed E-state index contributed by atoms with van der Waals surface area (Å²) in [6.45, 7) is 0. The van der Waals surface area contributed by atoms with Gasteiger partial charge in [0.1, 0.15) is 0 Å². The summed E-state index contributed by atoms with van der Waals surface area (Å²) in [5, 5.41) is 0.784. The van der Waals surface area contributed by atoms with Crippen molar-refractivity contribution in [2.75, 3.05) is 9.80 Å². The first-order chi connectivity index (χ1) is 25.3. The summed E-state index contributed by atoms with van der Waals surface area (Å²) >= 11 is 1.59. The van der Waals surface area contributed by atoms with E-state index in [4.69, 9.17) is 4.98 Å². The third-order valence-corrected chi connectivity index (χ3v) is 9.30. The van der Waals surface area contributed by atoms with Gasteiger partial charge >= 0.3 is 0 Å². The maximum atomic E-state index is 4.77. The van der Waals surface area contributed by atoms with Gasteiger partial charge in [-0.15, -0.1) is 11.3 Å². The Morgan fingerprint density at radius 2 is 0.706 bits per heavy atom. The number of aromatic nitrogens is 1. The molecule has 0 radical (unpaired) electrons. The zero-order chi connectivity index (χ0) is 34.2. The number of anilines is 6. The topological polar surface area (TPSA) is 19.4 Å². The lowest BCUT2D eigenvalue weighted by atomic mass is 10.1. The quantitative estimate of drug-likeness (QED) is 0.164. The Kier molecular flexibility index (Phi) is 9.07. The van der Waals surface area contributed by atoms with Crippen molar-refractivity contribution < 1.29 is 0 Å². The summed E-state index contributed by atoms with van der Waals surface area (Å²) < 4.78 is 1.07. The second-order valence-electron chi connectivity index (χ2n) is 11.8. The van der Waals surface area contributed by atoms with Crippen LogP contribution in [0.2, 0.25) is 0 Å². The Bertz CT molecular complexity index is 2280. The predicted molar refractivity (Wildman–Crippen MR) is 214 cm³/mol. The average Bonchev–Trinajstić information content (AvgIpc) is 3.62. The van der Waals surface area contributed by atoms with Gasteiger partial charge in [0, 0.05) is 50.8 Å². The van der Waals surface area contributed by atoms with Crippen LogP contribution in [0.3, 0.4) is 0 Å². The fourth-order valence-electron chi connectivity index (χ4n) is 5.92. The molecule has 7 aromatic carbocycles. The number of nitrogens with zero attached hydrogens (tertiary/aromatic N) is 3. The minimum atomic E-state index is 0.784. The Morgan fingerprint density at radius 3 is 1.14 bits per heavy atom. The van der Waals surface area contributed by atoms with Gasteiger partial charge < -0.3 is 9.80 Å². The molecule has 0 bridgehead atoms. The van der Waals surface area contributed by atoms with E-state index in [1.54, 1.807) is 11.3 Å². The Morgan fingerprint density at radius 1 is 0.353 bits per heavy atom. The molecular formula is C47H31N3S. The van der Waals surface area contributed by atoms with Gasteiger partial charge in [-0.2, -0.15) is 0 Å². The highest BCUT2D eigenvalue weighted by Crippen LogP contribution is 2.35. The number of fused-ring (bicyclic) bond motifs is 1. The molecule has 0 aliphatic heterocycles. The number of benzene rings is 7. The Hall–Kier alpha value is -6.85. The van der Waals surface area contributed by atoms with Crippen molar-refractivity contribution in [3.8, 4) is 23.7 Å². The molecule has 3 nitrogen and oxygen atoms in total. The summed E-state index contributed by atoms with van der Waals surface area (Å²) in [7, 11) is 0. The fourth-order valence-corrected chi connectivity index (χ4v) is 6.77. The maximum absolute atomic E-state index is 4.77. The number of thiazole rings is 1. The van der Waals surface area contributed by atoms with Gasteiger partial charge in [-0.25, -0.2) is 4.98 Å². The summed E-state index contributed by atoms with van der Waals surface area (Å²) in [5.74, 6) is 13.3. The summed E-state index contributed by atoms with van der Waals surface area (Å²) in [6, 6.07) is 64.5. The zero-order valence-corrected chi connectivity index (χ0v) is 28.5. The second-order valence-corrected chi connectivity index (χ2v) is 12.8. The first-order valence-corrected chi connectivity index (χ1v) is 17.5. The SMILES string of the molecule is C(#Cc1ccc2nc(C#Cc3ccc(N(c4ccccc4)c4ccccc4)cc3)sc2c1)c1ccc(N(c2ccccc2)c2ccccc2)cc1. The first-order valence-electron chi connectivity index (χ1n) is 16.7. The van der Waals surface area contributed by atoms with E-state index in [1.807, 2.05) is 36.4 Å². The second kappa shape index (κ2) is 14.7. The van der Waals surface area contributed by atoms with Crippen LogP contribution in [0, 0.1) is 23.7 Å². The van der Waals surface area contributed by atoms with Crippen molar-refractivity contribution in [1.82, 2.24) is 4.98 Å². The van der Waals surface area contributed by atoms with Gasteiger partial charge in [0.25, 0.3) is 0 Å². The fraction of sp³-hybridized carbons (Fsp3) is 0. The van der Waals surface area contributed by atoms with Crippen molar-refractivity contribution in [1.29, 1.82) is 0 Å². The van der Waals surface area contributed by atoms with Crippen LogP contribution in [-0.2, 0) is 0 Å². The largest absolute Gasteiger partial charge is 0.311 e. The number of rotatable bonds is 6. The van der Waals surface area contributed by atoms with E-state index in [9.17, 15) is 0 Å². The van der Waals surface area contributed by atoms with E-state index >= 15 is 0 Å². The molecule has 0 fully saturated rings. The minimum absolute atomic E-state index is 0.784. The molecule has 1 aromatic heterocycles. The summed E-state index contributed by atoms with van der Waals surface area (Å²) in [6.07, 6.45) is 0. The first kappa shape index (κ1) is 31.4. The highest BCUT2D eigenvalue weighted by atomic mass is 32.1. The Balaban J connectivity index is 0.985. The van der Waals surface area contributed by atoms with Crippen LogP contribution < -0.4 is 9.80 Å². The van der Waals surface area contributed by atoms with Crippen molar-refractivity contribution in [2.24, 2.45) is 0 Å². The molecule has 0 amide bonds. The van der Waals surface area contributed by atoms with Crippen LogP contribution in [0.1, 0.15) is 21.7 Å². The van der Waals surface area contributed by atoms with Gasteiger partial charge in [-0.3, -0.25) is 0 Å².